The highest BCUT2D eigenvalue weighted by molar-refractivity contribution is 6.10. The van der Waals surface area contributed by atoms with Crippen LogP contribution in [0.1, 0.15) is 45.8 Å². The Balaban J connectivity index is 1.75. The highest BCUT2D eigenvalue weighted by Crippen LogP contribution is 2.42. The first kappa shape index (κ1) is 23.4. The Kier molecular flexibility index (Phi) is 6.06. The highest BCUT2D eigenvalue weighted by Gasteiger charge is 2.44. The summed E-state index contributed by atoms with van der Waals surface area (Å²) in [6.07, 6.45) is 3.34. The number of amides is 1. The maximum atomic E-state index is 13.8. The zero-order chi connectivity index (χ0) is 25.4. The molecule has 3 heterocycles. The van der Waals surface area contributed by atoms with E-state index in [0.717, 1.165) is 11.1 Å². The molecule has 0 bridgehead atoms. The smallest absolute Gasteiger partial charge is 0.296 e. The molecule has 7 nitrogen and oxygen atoms in total. The first-order chi connectivity index (χ1) is 17.4. The largest absolute Gasteiger partial charge is 0.490 e. The molecule has 36 heavy (non-hydrogen) atoms. The van der Waals surface area contributed by atoms with Crippen LogP contribution in [-0.4, -0.2) is 24.1 Å². The maximum absolute atomic E-state index is 13.8. The second-order valence-corrected chi connectivity index (χ2v) is 8.68. The molecule has 7 heteroatoms. The number of aromatic nitrogens is 1. The molecule has 0 fully saturated rings. The molecular formula is C29H26N2O5. The van der Waals surface area contributed by atoms with Gasteiger partial charge in [-0.05, 0) is 62.2 Å². The molecule has 2 aromatic carbocycles. The maximum Gasteiger partial charge on any atom is 0.296 e. The van der Waals surface area contributed by atoms with Gasteiger partial charge in [0.1, 0.15) is 18.0 Å². The Labute approximate surface area is 208 Å². The predicted octanol–water partition coefficient (Wildman–Crippen LogP) is 5.52. The van der Waals surface area contributed by atoms with Crippen molar-refractivity contribution in [3.63, 3.8) is 0 Å². The minimum Gasteiger partial charge on any atom is -0.490 e. The third-order valence-corrected chi connectivity index (χ3v) is 6.11. The molecule has 1 aliphatic rings. The zero-order valence-electron chi connectivity index (χ0n) is 20.4. The fourth-order valence-corrected chi connectivity index (χ4v) is 4.47. The van der Waals surface area contributed by atoms with E-state index in [1.54, 1.807) is 42.6 Å². The number of hydrogen-bond donors (Lipinski definition) is 0. The second-order valence-electron chi connectivity index (χ2n) is 8.68. The van der Waals surface area contributed by atoms with E-state index >= 15 is 0 Å². The number of nitrogens with zero attached hydrogens (tertiary/aromatic N) is 2. The molecule has 0 aliphatic carbocycles. The van der Waals surface area contributed by atoms with E-state index in [4.69, 9.17) is 13.9 Å². The average molecular weight is 483 g/mol. The first-order valence-corrected chi connectivity index (χ1v) is 11.8. The third-order valence-electron chi connectivity index (χ3n) is 6.11. The number of rotatable bonds is 7. The van der Waals surface area contributed by atoms with E-state index in [2.05, 4.69) is 11.6 Å². The van der Waals surface area contributed by atoms with Gasteiger partial charge < -0.3 is 13.9 Å². The summed E-state index contributed by atoms with van der Waals surface area (Å²) in [5.74, 6) is 1.08. The second kappa shape index (κ2) is 9.34. The predicted molar refractivity (Wildman–Crippen MR) is 138 cm³/mol. The molecule has 4 aromatic rings. The van der Waals surface area contributed by atoms with E-state index < -0.39 is 11.9 Å². The molecule has 1 aliphatic heterocycles. The molecule has 1 atom stereocenters. The van der Waals surface area contributed by atoms with Crippen LogP contribution in [0, 0.1) is 13.8 Å². The van der Waals surface area contributed by atoms with Gasteiger partial charge in [-0.2, -0.15) is 0 Å². The van der Waals surface area contributed by atoms with Gasteiger partial charge in [0.25, 0.3) is 5.91 Å². The van der Waals surface area contributed by atoms with E-state index in [1.807, 2.05) is 39.0 Å². The molecule has 1 amide bonds. The Hall–Kier alpha value is -4.39. The number of pyridine rings is 1. The SMILES string of the molecule is C=CCOc1ccc(C2c3c(oc4ccc(C)cc4c3=O)C(=O)N2c2ccc(C)cn2)cc1OCC. The lowest BCUT2D eigenvalue weighted by molar-refractivity contribution is 0.0970. The van der Waals surface area contributed by atoms with Gasteiger partial charge in [-0.25, -0.2) is 4.98 Å². The number of benzene rings is 2. The van der Waals surface area contributed by atoms with Crippen LogP contribution in [0.5, 0.6) is 11.5 Å². The van der Waals surface area contributed by atoms with Crippen molar-refractivity contribution in [1.29, 1.82) is 0 Å². The lowest BCUT2D eigenvalue weighted by Crippen LogP contribution is -2.30. The topological polar surface area (TPSA) is 81.9 Å². The van der Waals surface area contributed by atoms with E-state index in [1.165, 1.54) is 4.90 Å². The molecule has 0 spiro atoms. The highest BCUT2D eigenvalue weighted by atomic mass is 16.5. The van der Waals surface area contributed by atoms with Crippen LogP contribution in [0.2, 0.25) is 0 Å². The molecule has 0 radical (unpaired) electrons. The van der Waals surface area contributed by atoms with Crippen LogP contribution in [-0.2, 0) is 0 Å². The lowest BCUT2D eigenvalue weighted by Gasteiger charge is -2.25. The van der Waals surface area contributed by atoms with Crippen LogP contribution in [0.25, 0.3) is 11.0 Å². The summed E-state index contributed by atoms with van der Waals surface area (Å²) in [6, 6.07) is 13.7. The van der Waals surface area contributed by atoms with Crippen LogP contribution in [0.4, 0.5) is 5.82 Å². The van der Waals surface area contributed by atoms with Crippen molar-refractivity contribution in [2.24, 2.45) is 0 Å². The van der Waals surface area contributed by atoms with Crippen LogP contribution >= 0.6 is 0 Å². The minimum atomic E-state index is -0.753. The van der Waals surface area contributed by atoms with Crippen LogP contribution in [0.15, 0.2) is 76.6 Å². The van der Waals surface area contributed by atoms with E-state index in [9.17, 15) is 9.59 Å². The lowest BCUT2D eigenvalue weighted by atomic mass is 9.97. The number of anilines is 1. The number of carbonyl (C=O) groups excluding carboxylic acids is 1. The summed E-state index contributed by atoms with van der Waals surface area (Å²) in [5.41, 5.74) is 2.97. The summed E-state index contributed by atoms with van der Waals surface area (Å²) < 4.78 is 17.6. The number of fused-ring (bicyclic) bond motifs is 2. The summed E-state index contributed by atoms with van der Waals surface area (Å²) >= 11 is 0. The Morgan fingerprint density at radius 2 is 1.83 bits per heavy atom. The van der Waals surface area contributed by atoms with Crippen molar-refractivity contribution in [3.05, 3.63) is 106 Å². The Morgan fingerprint density at radius 3 is 2.56 bits per heavy atom. The van der Waals surface area contributed by atoms with Crippen molar-refractivity contribution in [2.75, 3.05) is 18.1 Å². The molecule has 0 saturated carbocycles. The van der Waals surface area contributed by atoms with Crippen LogP contribution in [0.3, 0.4) is 0 Å². The quantitative estimate of drug-likeness (QED) is 0.323. The van der Waals surface area contributed by atoms with Crippen molar-refractivity contribution >= 4 is 22.7 Å². The van der Waals surface area contributed by atoms with Gasteiger partial charge in [0, 0.05) is 6.20 Å². The normalized spacial score (nSPS) is 14.7. The molecule has 2 aromatic heterocycles. The minimum absolute atomic E-state index is 0.0219. The van der Waals surface area contributed by atoms with Crippen LogP contribution < -0.4 is 19.8 Å². The first-order valence-electron chi connectivity index (χ1n) is 11.8. The van der Waals surface area contributed by atoms with Gasteiger partial charge in [0.15, 0.2) is 16.9 Å². The number of ether oxygens (including phenoxy) is 2. The van der Waals surface area contributed by atoms with E-state index in [0.29, 0.717) is 47.1 Å². The fraction of sp³-hybridized carbons (Fsp3) is 0.207. The Bertz CT molecular complexity index is 1540. The van der Waals surface area contributed by atoms with Gasteiger partial charge in [-0.3, -0.25) is 14.5 Å². The summed E-state index contributed by atoms with van der Waals surface area (Å²) in [7, 11) is 0. The monoisotopic (exact) mass is 482 g/mol. The van der Waals surface area contributed by atoms with E-state index in [-0.39, 0.29) is 16.8 Å². The molecular weight excluding hydrogens is 456 g/mol. The summed E-state index contributed by atoms with van der Waals surface area (Å²) in [4.78, 5) is 33.6. The van der Waals surface area contributed by atoms with Crippen molar-refractivity contribution in [2.45, 2.75) is 26.8 Å². The molecule has 1 unspecified atom stereocenters. The molecule has 182 valence electrons. The molecule has 5 rings (SSSR count). The average Bonchev–Trinajstić information content (AvgIpc) is 3.17. The third kappa shape index (κ3) is 3.92. The van der Waals surface area contributed by atoms with Crippen molar-refractivity contribution in [3.8, 4) is 11.5 Å². The zero-order valence-corrected chi connectivity index (χ0v) is 20.4. The number of carbonyl (C=O) groups is 1. The molecule has 0 N–H and O–H groups in total. The van der Waals surface area contributed by atoms with Crippen molar-refractivity contribution in [1.82, 2.24) is 4.98 Å². The van der Waals surface area contributed by atoms with Gasteiger partial charge in [-0.15, -0.1) is 0 Å². The van der Waals surface area contributed by atoms with Gasteiger partial charge in [0.05, 0.1) is 23.6 Å². The number of aryl methyl sites for hydroxylation is 2. The van der Waals surface area contributed by atoms with Gasteiger partial charge >= 0.3 is 0 Å². The standard InChI is InChI=1S/C29H26N2O5/c1-5-13-35-22-11-9-19(15-23(22)34-6-2)26-25-27(32)20-14-17(3)7-10-21(20)36-28(25)29(33)31(26)24-12-8-18(4)16-30-24/h5,7-12,14-16,26H,1,6,13H2,2-4H3. The fourth-order valence-electron chi connectivity index (χ4n) is 4.47. The van der Waals surface area contributed by atoms with Gasteiger partial charge in [0.2, 0.25) is 5.76 Å². The summed E-state index contributed by atoms with van der Waals surface area (Å²) in [6.45, 7) is 10.1. The molecule has 0 saturated heterocycles. The van der Waals surface area contributed by atoms with Gasteiger partial charge in [-0.1, -0.05) is 36.4 Å². The van der Waals surface area contributed by atoms with Crippen molar-refractivity contribution < 1.29 is 18.7 Å². The number of hydrogen-bond acceptors (Lipinski definition) is 6. The summed E-state index contributed by atoms with van der Waals surface area (Å²) in [5, 5.41) is 0.432. The Morgan fingerprint density at radius 1 is 1.03 bits per heavy atom.